The van der Waals surface area contributed by atoms with Crippen molar-refractivity contribution in [2.24, 2.45) is 0 Å². The minimum atomic E-state index is -0.513. The molecule has 0 unspecified atom stereocenters. The van der Waals surface area contributed by atoms with Crippen LogP contribution in [-0.4, -0.2) is 40.4 Å². The first-order valence-electron chi connectivity index (χ1n) is 11.2. The van der Waals surface area contributed by atoms with Gasteiger partial charge in [0.25, 0.3) is 0 Å². The molecule has 170 valence electrons. The molecule has 2 aromatic carbocycles. The molecule has 1 atom stereocenters. The molecule has 1 N–H and O–H groups in total. The number of hydrogen-bond acceptors (Lipinski definition) is 4. The number of fused-ring (bicyclic) bond motifs is 1. The number of halogens is 1. The van der Waals surface area contributed by atoms with Gasteiger partial charge >= 0.3 is 6.09 Å². The summed E-state index contributed by atoms with van der Waals surface area (Å²) in [6.45, 7) is 7.72. The number of aromatic nitrogens is 2. The Kier molecular flexibility index (Phi) is 6.60. The summed E-state index contributed by atoms with van der Waals surface area (Å²) in [6, 6.07) is 16.3. The number of piperidine rings is 1. The fraction of sp³-hybridized carbons (Fsp3) is 0.440. The Bertz CT molecular complexity index is 1090. The van der Waals surface area contributed by atoms with Crippen LogP contribution in [0, 0.1) is 0 Å². The van der Waals surface area contributed by atoms with Crippen LogP contribution in [0.15, 0.2) is 48.5 Å². The molecule has 1 amide bonds. The summed E-state index contributed by atoms with van der Waals surface area (Å²) in [6.07, 6.45) is 2.85. The SMILES string of the molecule is CC(C)(C)OC(=O)NC[C@@H]1CCCCN1c1nc2ccccc2n1Cc1cccc(Cl)c1. The van der Waals surface area contributed by atoms with Crippen LogP contribution < -0.4 is 10.2 Å². The molecule has 6 nitrogen and oxygen atoms in total. The Morgan fingerprint density at radius 3 is 2.78 bits per heavy atom. The molecule has 1 aromatic heterocycles. The zero-order valence-corrected chi connectivity index (χ0v) is 19.7. The number of imidazole rings is 1. The van der Waals surface area contributed by atoms with Gasteiger partial charge in [-0.2, -0.15) is 0 Å². The van der Waals surface area contributed by atoms with Crippen molar-refractivity contribution in [3.63, 3.8) is 0 Å². The fourth-order valence-electron chi connectivity index (χ4n) is 4.25. The van der Waals surface area contributed by atoms with Crippen LogP contribution in [0.2, 0.25) is 5.02 Å². The number of benzene rings is 2. The quantitative estimate of drug-likeness (QED) is 0.543. The molecule has 1 fully saturated rings. The number of carbonyl (C=O) groups is 1. The minimum Gasteiger partial charge on any atom is -0.444 e. The topological polar surface area (TPSA) is 59.4 Å². The highest BCUT2D eigenvalue weighted by molar-refractivity contribution is 6.30. The first-order valence-corrected chi connectivity index (χ1v) is 11.6. The van der Waals surface area contributed by atoms with Gasteiger partial charge in [-0.25, -0.2) is 9.78 Å². The van der Waals surface area contributed by atoms with Gasteiger partial charge in [0.2, 0.25) is 5.95 Å². The molecule has 0 spiro atoms. The number of alkyl carbamates (subject to hydrolysis) is 1. The van der Waals surface area contributed by atoms with Crippen molar-refractivity contribution in [1.82, 2.24) is 14.9 Å². The predicted octanol–water partition coefficient (Wildman–Crippen LogP) is 5.62. The lowest BCUT2D eigenvalue weighted by molar-refractivity contribution is 0.0522. The van der Waals surface area contributed by atoms with Crippen LogP contribution in [0.5, 0.6) is 0 Å². The largest absolute Gasteiger partial charge is 0.444 e. The molecule has 1 aliphatic heterocycles. The van der Waals surface area contributed by atoms with Gasteiger partial charge in [0, 0.05) is 24.2 Å². The maximum Gasteiger partial charge on any atom is 0.407 e. The van der Waals surface area contributed by atoms with Crippen molar-refractivity contribution in [3.05, 3.63) is 59.1 Å². The lowest BCUT2D eigenvalue weighted by Gasteiger charge is -2.37. The molecule has 4 rings (SSSR count). The van der Waals surface area contributed by atoms with Crippen molar-refractivity contribution >= 4 is 34.7 Å². The number of nitrogens with zero attached hydrogens (tertiary/aromatic N) is 3. The van der Waals surface area contributed by atoms with E-state index in [4.69, 9.17) is 21.3 Å². The Labute approximate surface area is 194 Å². The Balaban J connectivity index is 1.62. The van der Waals surface area contributed by atoms with Gasteiger partial charge in [0.1, 0.15) is 5.60 Å². The zero-order valence-electron chi connectivity index (χ0n) is 19.0. The van der Waals surface area contributed by atoms with Crippen molar-refractivity contribution in [2.75, 3.05) is 18.0 Å². The molecule has 1 saturated heterocycles. The van der Waals surface area contributed by atoms with Crippen LogP contribution in [0.3, 0.4) is 0 Å². The Morgan fingerprint density at radius 2 is 2.00 bits per heavy atom. The molecular weight excluding hydrogens is 424 g/mol. The molecule has 0 radical (unpaired) electrons. The van der Waals surface area contributed by atoms with Crippen LogP contribution in [0.1, 0.15) is 45.6 Å². The molecule has 32 heavy (non-hydrogen) atoms. The number of nitrogens with one attached hydrogen (secondary N) is 1. The minimum absolute atomic E-state index is 0.159. The second-order valence-electron chi connectivity index (χ2n) is 9.34. The molecule has 0 aliphatic carbocycles. The van der Waals surface area contributed by atoms with Gasteiger partial charge in [0.15, 0.2) is 0 Å². The molecular formula is C25H31ClN4O2. The number of carbonyl (C=O) groups excluding carboxylic acids is 1. The van der Waals surface area contributed by atoms with E-state index < -0.39 is 5.60 Å². The van der Waals surface area contributed by atoms with Gasteiger partial charge in [-0.15, -0.1) is 0 Å². The van der Waals surface area contributed by atoms with Crippen molar-refractivity contribution in [3.8, 4) is 0 Å². The van der Waals surface area contributed by atoms with E-state index in [1.807, 2.05) is 57.2 Å². The summed E-state index contributed by atoms with van der Waals surface area (Å²) in [7, 11) is 0. The monoisotopic (exact) mass is 454 g/mol. The fourth-order valence-corrected chi connectivity index (χ4v) is 4.46. The Morgan fingerprint density at radius 1 is 1.19 bits per heavy atom. The number of ether oxygens (including phenoxy) is 1. The highest BCUT2D eigenvalue weighted by atomic mass is 35.5. The summed E-state index contributed by atoms with van der Waals surface area (Å²) in [4.78, 5) is 19.6. The van der Waals surface area contributed by atoms with E-state index in [1.54, 1.807) is 0 Å². The number of hydrogen-bond donors (Lipinski definition) is 1. The van der Waals surface area contributed by atoms with Gasteiger partial charge in [0.05, 0.1) is 17.6 Å². The average Bonchev–Trinajstić information content (AvgIpc) is 3.09. The van der Waals surface area contributed by atoms with E-state index in [-0.39, 0.29) is 12.1 Å². The first kappa shape index (κ1) is 22.5. The van der Waals surface area contributed by atoms with E-state index in [0.717, 1.165) is 53.4 Å². The number of amides is 1. The number of para-hydroxylation sites is 2. The van der Waals surface area contributed by atoms with Crippen molar-refractivity contribution in [2.45, 2.75) is 58.2 Å². The summed E-state index contributed by atoms with van der Waals surface area (Å²) >= 11 is 6.24. The van der Waals surface area contributed by atoms with Gasteiger partial charge in [-0.3, -0.25) is 0 Å². The second-order valence-corrected chi connectivity index (χ2v) is 9.78. The molecule has 2 heterocycles. The molecule has 0 bridgehead atoms. The maximum atomic E-state index is 12.2. The number of rotatable bonds is 5. The number of anilines is 1. The van der Waals surface area contributed by atoms with Crippen molar-refractivity contribution < 1.29 is 9.53 Å². The third-order valence-electron chi connectivity index (χ3n) is 5.63. The highest BCUT2D eigenvalue weighted by Crippen LogP contribution is 2.29. The van der Waals surface area contributed by atoms with Crippen LogP contribution in [0.25, 0.3) is 11.0 Å². The third kappa shape index (κ3) is 5.36. The average molecular weight is 455 g/mol. The van der Waals surface area contributed by atoms with Crippen molar-refractivity contribution in [1.29, 1.82) is 0 Å². The van der Waals surface area contributed by atoms with Gasteiger partial charge in [-0.05, 0) is 69.9 Å². The van der Waals surface area contributed by atoms with Gasteiger partial charge < -0.3 is 19.5 Å². The normalized spacial score (nSPS) is 16.9. The third-order valence-corrected chi connectivity index (χ3v) is 5.86. The molecule has 0 saturated carbocycles. The predicted molar refractivity (Wildman–Crippen MR) is 130 cm³/mol. The van der Waals surface area contributed by atoms with E-state index in [0.29, 0.717) is 13.1 Å². The molecule has 7 heteroatoms. The summed E-state index contributed by atoms with van der Waals surface area (Å²) < 4.78 is 7.69. The first-order chi connectivity index (χ1) is 15.3. The van der Waals surface area contributed by atoms with Gasteiger partial charge in [-0.1, -0.05) is 35.9 Å². The smallest absolute Gasteiger partial charge is 0.407 e. The molecule has 1 aliphatic rings. The van der Waals surface area contributed by atoms with E-state index >= 15 is 0 Å². The van der Waals surface area contributed by atoms with Crippen LogP contribution >= 0.6 is 11.6 Å². The summed E-state index contributed by atoms with van der Waals surface area (Å²) in [5.74, 6) is 0.932. The highest BCUT2D eigenvalue weighted by Gasteiger charge is 2.28. The standard InChI is InChI=1S/C25H31ClN4O2/c1-25(2,3)32-24(31)27-16-20-11-6-7-14-29(20)23-28-21-12-4-5-13-22(21)30(23)17-18-9-8-10-19(26)15-18/h4-5,8-10,12-13,15,20H,6-7,11,14,16-17H2,1-3H3,(H,27,31)/t20-/m0/s1. The summed E-state index contributed by atoms with van der Waals surface area (Å²) in [5, 5.41) is 3.69. The lowest BCUT2D eigenvalue weighted by Crippen LogP contribution is -2.48. The van der Waals surface area contributed by atoms with E-state index in [1.165, 1.54) is 0 Å². The lowest BCUT2D eigenvalue weighted by atomic mass is 10.0. The second kappa shape index (κ2) is 9.41. The van der Waals surface area contributed by atoms with Crippen LogP contribution in [0.4, 0.5) is 10.7 Å². The summed E-state index contributed by atoms with van der Waals surface area (Å²) in [5.41, 5.74) is 2.67. The van der Waals surface area contributed by atoms with E-state index in [2.05, 4.69) is 26.9 Å². The Hall–Kier alpha value is -2.73. The molecule has 3 aromatic rings. The van der Waals surface area contributed by atoms with Crippen LogP contribution in [-0.2, 0) is 11.3 Å². The zero-order chi connectivity index (χ0) is 22.7. The van der Waals surface area contributed by atoms with E-state index in [9.17, 15) is 4.79 Å². The maximum absolute atomic E-state index is 12.2.